The lowest BCUT2D eigenvalue weighted by Gasteiger charge is -2.18. The average Bonchev–Trinajstić information content (AvgIpc) is 2.42. The number of ether oxygens (including phenoxy) is 1. The van der Waals surface area contributed by atoms with E-state index >= 15 is 0 Å². The summed E-state index contributed by atoms with van der Waals surface area (Å²) in [5.41, 5.74) is 5.70. The van der Waals surface area contributed by atoms with Crippen molar-refractivity contribution in [3.8, 4) is 11.8 Å². The van der Waals surface area contributed by atoms with Crippen molar-refractivity contribution >= 4 is 23.5 Å². The molecule has 1 aromatic carbocycles. The lowest BCUT2D eigenvalue weighted by Crippen LogP contribution is -2.25. The van der Waals surface area contributed by atoms with Gasteiger partial charge in [0.05, 0.1) is 5.02 Å². The van der Waals surface area contributed by atoms with E-state index in [0.717, 1.165) is 13.1 Å². The van der Waals surface area contributed by atoms with Crippen molar-refractivity contribution in [2.45, 2.75) is 13.8 Å². The molecular formula is C13H16ClN5O. The lowest BCUT2D eigenvalue weighted by molar-refractivity contribution is 0.440. The van der Waals surface area contributed by atoms with Crippen LogP contribution in [0, 0.1) is 0 Å². The number of nitrogens with zero attached hydrogens (tertiary/aromatic N) is 4. The number of hydrogen-bond donors (Lipinski definition) is 1. The monoisotopic (exact) mass is 293 g/mol. The number of para-hydroxylation sites is 1. The second kappa shape index (κ2) is 6.38. The molecule has 0 aliphatic carbocycles. The van der Waals surface area contributed by atoms with E-state index in [1.807, 2.05) is 30.9 Å². The molecule has 0 unspecified atom stereocenters. The van der Waals surface area contributed by atoms with Crippen LogP contribution < -0.4 is 15.4 Å². The Morgan fingerprint density at radius 2 is 1.85 bits per heavy atom. The lowest BCUT2D eigenvalue weighted by atomic mass is 10.3. The molecule has 20 heavy (non-hydrogen) atoms. The normalized spacial score (nSPS) is 10.3. The molecule has 2 N–H and O–H groups in total. The summed E-state index contributed by atoms with van der Waals surface area (Å²) in [5, 5.41) is 0.482. The molecule has 6 nitrogen and oxygen atoms in total. The van der Waals surface area contributed by atoms with Gasteiger partial charge in [0.2, 0.25) is 11.9 Å². The Morgan fingerprint density at radius 1 is 1.15 bits per heavy atom. The van der Waals surface area contributed by atoms with E-state index in [1.165, 1.54) is 0 Å². The molecule has 0 spiro atoms. The van der Waals surface area contributed by atoms with Crippen molar-refractivity contribution in [2.75, 3.05) is 23.7 Å². The molecule has 1 heterocycles. The first-order chi connectivity index (χ1) is 9.63. The number of anilines is 2. The topological polar surface area (TPSA) is 77.2 Å². The molecule has 0 radical (unpaired) electrons. The molecular weight excluding hydrogens is 278 g/mol. The fourth-order valence-corrected chi connectivity index (χ4v) is 1.85. The summed E-state index contributed by atoms with van der Waals surface area (Å²) in [6.45, 7) is 5.56. The minimum absolute atomic E-state index is 0.115. The standard InChI is InChI=1S/C13H16ClN5O/c1-3-19(4-2)12-16-11(15)17-13(18-12)20-10-8-6-5-7-9(10)14/h5-8H,3-4H2,1-2H3,(H2,15,16,17,18). The third-order valence-electron chi connectivity index (χ3n) is 2.70. The van der Waals surface area contributed by atoms with Gasteiger partial charge in [-0.25, -0.2) is 0 Å². The van der Waals surface area contributed by atoms with Crippen LogP contribution in [0.4, 0.5) is 11.9 Å². The van der Waals surface area contributed by atoms with Gasteiger partial charge in [-0.1, -0.05) is 23.7 Å². The van der Waals surface area contributed by atoms with Crippen molar-refractivity contribution in [3.05, 3.63) is 29.3 Å². The van der Waals surface area contributed by atoms with E-state index < -0.39 is 0 Å². The van der Waals surface area contributed by atoms with Crippen LogP contribution in [0.25, 0.3) is 0 Å². The maximum atomic E-state index is 6.03. The smallest absolute Gasteiger partial charge is 0.328 e. The Morgan fingerprint density at radius 3 is 2.50 bits per heavy atom. The van der Waals surface area contributed by atoms with Crippen molar-refractivity contribution < 1.29 is 4.74 Å². The Kier molecular flexibility index (Phi) is 4.57. The zero-order valence-corrected chi connectivity index (χ0v) is 12.1. The minimum Gasteiger partial charge on any atom is -0.423 e. The Labute approximate surface area is 122 Å². The van der Waals surface area contributed by atoms with Gasteiger partial charge in [-0.15, -0.1) is 0 Å². The summed E-state index contributed by atoms with van der Waals surface area (Å²) in [6, 6.07) is 7.23. The van der Waals surface area contributed by atoms with Crippen molar-refractivity contribution in [1.29, 1.82) is 0 Å². The van der Waals surface area contributed by atoms with Crippen LogP contribution in [0.3, 0.4) is 0 Å². The maximum absolute atomic E-state index is 6.03. The third-order valence-corrected chi connectivity index (χ3v) is 3.02. The molecule has 0 bridgehead atoms. The van der Waals surface area contributed by atoms with Crippen LogP contribution in [0.5, 0.6) is 11.8 Å². The second-order valence-corrected chi connectivity index (χ2v) is 4.39. The Hall–Kier alpha value is -2.08. The van der Waals surface area contributed by atoms with Gasteiger partial charge in [0.25, 0.3) is 0 Å². The molecule has 1 aromatic heterocycles. The number of benzene rings is 1. The summed E-state index contributed by atoms with van der Waals surface area (Å²) in [4.78, 5) is 14.3. The fourth-order valence-electron chi connectivity index (χ4n) is 1.68. The van der Waals surface area contributed by atoms with Crippen LogP contribution in [0.15, 0.2) is 24.3 Å². The summed E-state index contributed by atoms with van der Waals surface area (Å²) in [6.07, 6.45) is 0. The highest BCUT2D eigenvalue weighted by atomic mass is 35.5. The summed E-state index contributed by atoms with van der Waals surface area (Å²) in [7, 11) is 0. The molecule has 7 heteroatoms. The molecule has 0 saturated heterocycles. The number of nitrogen functional groups attached to an aromatic ring is 1. The highest BCUT2D eigenvalue weighted by molar-refractivity contribution is 6.32. The van der Waals surface area contributed by atoms with Gasteiger partial charge < -0.3 is 15.4 Å². The number of aromatic nitrogens is 3. The van der Waals surface area contributed by atoms with Crippen molar-refractivity contribution in [2.24, 2.45) is 0 Å². The predicted molar refractivity (Wildman–Crippen MR) is 79.3 cm³/mol. The molecule has 0 amide bonds. The van der Waals surface area contributed by atoms with Crippen molar-refractivity contribution in [3.63, 3.8) is 0 Å². The van der Waals surface area contributed by atoms with Crippen LogP contribution in [-0.2, 0) is 0 Å². The predicted octanol–water partition coefficient (Wildman–Crippen LogP) is 2.75. The second-order valence-electron chi connectivity index (χ2n) is 3.98. The van der Waals surface area contributed by atoms with E-state index in [-0.39, 0.29) is 12.0 Å². The molecule has 0 fully saturated rings. The Balaban J connectivity index is 2.31. The molecule has 106 valence electrons. The minimum atomic E-state index is 0.115. The summed E-state index contributed by atoms with van der Waals surface area (Å²) in [5.74, 6) is 1.08. The van der Waals surface area contributed by atoms with E-state index in [4.69, 9.17) is 22.1 Å². The number of rotatable bonds is 5. The first-order valence-corrected chi connectivity index (χ1v) is 6.70. The van der Waals surface area contributed by atoms with Crippen LogP contribution >= 0.6 is 11.6 Å². The fraction of sp³-hybridized carbons (Fsp3) is 0.308. The van der Waals surface area contributed by atoms with E-state index in [9.17, 15) is 0 Å². The SMILES string of the molecule is CCN(CC)c1nc(N)nc(Oc2ccccc2Cl)n1. The van der Waals surface area contributed by atoms with Gasteiger partial charge in [-0.05, 0) is 26.0 Å². The van der Waals surface area contributed by atoms with E-state index in [0.29, 0.717) is 16.7 Å². The van der Waals surface area contributed by atoms with Crippen molar-refractivity contribution in [1.82, 2.24) is 15.0 Å². The van der Waals surface area contributed by atoms with Gasteiger partial charge in [0, 0.05) is 13.1 Å². The van der Waals surface area contributed by atoms with Gasteiger partial charge >= 0.3 is 6.01 Å². The third kappa shape index (κ3) is 3.27. The van der Waals surface area contributed by atoms with Gasteiger partial charge in [0.1, 0.15) is 5.75 Å². The summed E-state index contributed by atoms with van der Waals surface area (Å²) < 4.78 is 5.57. The highest BCUT2D eigenvalue weighted by Gasteiger charge is 2.12. The largest absolute Gasteiger partial charge is 0.423 e. The quantitative estimate of drug-likeness (QED) is 0.913. The number of hydrogen-bond acceptors (Lipinski definition) is 6. The van der Waals surface area contributed by atoms with Gasteiger partial charge in [-0.3, -0.25) is 0 Å². The molecule has 0 aliphatic heterocycles. The zero-order valence-electron chi connectivity index (χ0n) is 11.4. The number of halogens is 1. The first-order valence-electron chi connectivity index (χ1n) is 6.33. The average molecular weight is 294 g/mol. The van der Waals surface area contributed by atoms with Crippen LogP contribution in [0.2, 0.25) is 5.02 Å². The Bertz CT molecular complexity index is 589. The molecule has 0 saturated carbocycles. The molecule has 0 aliphatic rings. The van der Waals surface area contributed by atoms with Gasteiger partial charge in [-0.2, -0.15) is 15.0 Å². The number of nitrogens with two attached hydrogens (primary N) is 1. The highest BCUT2D eigenvalue weighted by Crippen LogP contribution is 2.27. The first kappa shape index (κ1) is 14.3. The van der Waals surface area contributed by atoms with Crippen LogP contribution in [-0.4, -0.2) is 28.0 Å². The zero-order chi connectivity index (χ0) is 14.5. The van der Waals surface area contributed by atoms with Gasteiger partial charge in [0.15, 0.2) is 0 Å². The molecule has 2 aromatic rings. The van der Waals surface area contributed by atoms with E-state index in [2.05, 4.69) is 15.0 Å². The summed E-state index contributed by atoms with van der Waals surface area (Å²) >= 11 is 6.03. The molecule has 0 atom stereocenters. The molecule has 2 rings (SSSR count). The van der Waals surface area contributed by atoms with E-state index in [1.54, 1.807) is 12.1 Å². The van der Waals surface area contributed by atoms with Crippen LogP contribution in [0.1, 0.15) is 13.8 Å². The maximum Gasteiger partial charge on any atom is 0.328 e.